The van der Waals surface area contributed by atoms with E-state index in [-0.39, 0.29) is 47.1 Å². The Morgan fingerprint density at radius 2 is 1.16 bits per heavy atom. The second kappa shape index (κ2) is 19.0. The highest BCUT2D eigenvalue weighted by molar-refractivity contribution is 6.38. The van der Waals surface area contributed by atoms with E-state index in [2.05, 4.69) is 39.9 Å². The molecule has 0 saturated carbocycles. The second-order valence-electron chi connectivity index (χ2n) is 14.8. The number of aromatic nitrogens is 8. The van der Waals surface area contributed by atoms with Gasteiger partial charge in [0.15, 0.2) is 34.8 Å². The average molecular weight is 807 g/mol. The highest BCUT2D eigenvalue weighted by atomic mass is 28.3. The summed E-state index contributed by atoms with van der Waals surface area (Å²) >= 11 is 0. The molecule has 310 valence electrons. The number of aliphatic imine (C=N–C) groups is 2. The smallest absolute Gasteiger partial charge is 0.280 e. The number of nitrogens with zero attached hydrogens (tertiary/aromatic N) is 10. The molecule has 0 aromatic carbocycles. The Hall–Kier alpha value is -4.62. The van der Waals surface area contributed by atoms with E-state index in [0.29, 0.717) is 6.42 Å². The van der Waals surface area contributed by atoms with Crippen LogP contribution < -0.4 is 11.1 Å². The van der Waals surface area contributed by atoms with Crippen molar-refractivity contribution >= 4 is 55.6 Å². The summed E-state index contributed by atoms with van der Waals surface area (Å²) in [4.78, 5) is 57.5. The molecule has 56 heavy (non-hydrogen) atoms. The SMILES string of the molecule is C.CN(C)C=Nc1nc2c(ncn2[C@@H]2O[C@H](CC(C)(C)C)C(O)[C@@H]2O)c(=O)[nH]1.CN(C)C=Nc1nc2c(ncn2[C@@H]2O[C@H](CO)C(O)[C@@H]2O)c(=O)[nH]1.C[Si](C)=O. The summed E-state index contributed by atoms with van der Waals surface area (Å²) in [5, 5.41) is 50.1. The largest absolute Gasteiger partial charge is 0.394 e. The molecule has 4 aromatic heterocycles. The van der Waals surface area contributed by atoms with Gasteiger partial charge in [0.25, 0.3) is 19.8 Å². The zero-order valence-corrected chi connectivity index (χ0v) is 33.1. The molecule has 8 atom stereocenters. The standard InChI is InChI=1S/C17H26N6O4.C13H18N6O5.C2H6OSi.CH4/c1-17(2,3)6-9-11(24)12(25)15(27-9)23-8-18-10-13(23)20-16(21-14(10)26)19-7-22(4)5;1-18(2)4-15-13-16-10-7(11(23)17-13)14-5-19(10)12-9(22)8(21)6(3-20)24-12;1-4(2)3;/h7-9,11-12,15,24-25H,6H2,1-5H3,(H,20,21,26);4-6,8-9,12,20-22H,3H2,1-2H3,(H,16,17,23);1-2H3;1H4/t9-,11?,12+,15-;6-,8?,9+,12-;;/m11../s1. The van der Waals surface area contributed by atoms with E-state index >= 15 is 0 Å². The average Bonchev–Trinajstić information content (AvgIpc) is 3.84. The van der Waals surface area contributed by atoms with Crippen molar-refractivity contribution in [1.29, 1.82) is 0 Å². The van der Waals surface area contributed by atoms with Crippen LogP contribution in [0.2, 0.25) is 13.1 Å². The number of ether oxygens (including phenoxy) is 2. The number of aliphatic hydroxyl groups is 5. The van der Waals surface area contributed by atoms with Crippen molar-refractivity contribution in [2.45, 2.75) is 96.8 Å². The van der Waals surface area contributed by atoms with Gasteiger partial charge in [-0.15, -0.1) is 0 Å². The number of aliphatic hydroxyl groups excluding tert-OH is 5. The lowest BCUT2D eigenvalue weighted by atomic mass is 9.87. The van der Waals surface area contributed by atoms with Crippen LogP contribution in [0.5, 0.6) is 0 Å². The minimum absolute atomic E-state index is 0. The van der Waals surface area contributed by atoms with E-state index < -0.39 is 75.5 Å². The van der Waals surface area contributed by atoms with Crippen LogP contribution in [0.1, 0.15) is 47.1 Å². The van der Waals surface area contributed by atoms with Gasteiger partial charge in [0, 0.05) is 28.2 Å². The predicted molar refractivity (Wildman–Crippen MR) is 208 cm³/mol. The van der Waals surface area contributed by atoms with Crippen molar-refractivity contribution < 1.29 is 39.5 Å². The fourth-order valence-electron chi connectivity index (χ4n) is 5.51. The lowest BCUT2D eigenvalue weighted by Crippen LogP contribution is -2.33. The third-order valence-electron chi connectivity index (χ3n) is 7.88. The van der Waals surface area contributed by atoms with Gasteiger partial charge >= 0.3 is 0 Å². The topological polar surface area (TPSA) is 295 Å². The summed E-state index contributed by atoms with van der Waals surface area (Å²) in [6.07, 6.45) is -1.93. The maximum Gasteiger partial charge on any atom is 0.280 e. The monoisotopic (exact) mass is 806 g/mol. The molecule has 2 aliphatic rings. The van der Waals surface area contributed by atoms with Crippen LogP contribution in [-0.4, -0.2) is 167 Å². The van der Waals surface area contributed by atoms with Gasteiger partial charge < -0.3 is 49.3 Å². The molecule has 0 radical (unpaired) electrons. The Balaban J connectivity index is 0.000000271. The maximum absolute atomic E-state index is 12.3. The maximum atomic E-state index is 12.3. The molecule has 0 spiro atoms. The van der Waals surface area contributed by atoms with Crippen LogP contribution in [0.3, 0.4) is 0 Å². The van der Waals surface area contributed by atoms with Gasteiger partial charge in [-0.05, 0) is 24.9 Å². The molecular weight excluding hydrogens is 753 g/mol. The molecule has 0 bridgehead atoms. The second-order valence-corrected chi connectivity index (χ2v) is 16.6. The van der Waals surface area contributed by atoms with Gasteiger partial charge in [-0.2, -0.15) is 9.97 Å². The van der Waals surface area contributed by atoms with E-state index in [4.69, 9.17) is 9.47 Å². The number of H-pyrrole nitrogens is 2. The fourth-order valence-corrected chi connectivity index (χ4v) is 5.51. The van der Waals surface area contributed by atoms with E-state index in [1.165, 1.54) is 34.5 Å². The Morgan fingerprint density at radius 3 is 1.50 bits per heavy atom. The van der Waals surface area contributed by atoms with Crippen molar-refractivity contribution in [2.75, 3.05) is 34.8 Å². The highest BCUT2D eigenvalue weighted by Crippen LogP contribution is 2.36. The molecule has 2 unspecified atom stereocenters. The Bertz CT molecular complexity index is 2100. The van der Waals surface area contributed by atoms with Crippen LogP contribution in [-0.2, 0) is 13.9 Å². The van der Waals surface area contributed by atoms with Crippen molar-refractivity contribution in [2.24, 2.45) is 15.4 Å². The zero-order chi connectivity index (χ0) is 40.9. The van der Waals surface area contributed by atoms with E-state index in [1.807, 2.05) is 20.8 Å². The first-order valence-corrected chi connectivity index (χ1v) is 19.6. The fraction of sp³-hybridized carbons (Fsp3) is 0.636. The molecule has 2 aliphatic heterocycles. The van der Waals surface area contributed by atoms with Crippen LogP contribution in [0.15, 0.2) is 32.2 Å². The van der Waals surface area contributed by atoms with Gasteiger partial charge in [-0.1, -0.05) is 28.2 Å². The Morgan fingerprint density at radius 1 is 0.786 bits per heavy atom. The van der Waals surface area contributed by atoms with Crippen molar-refractivity contribution in [3.05, 3.63) is 33.4 Å². The van der Waals surface area contributed by atoms with E-state index in [0.717, 1.165) is 0 Å². The van der Waals surface area contributed by atoms with Crippen molar-refractivity contribution in [1.82, 2.24) is 48.8 Å². The van der Waals surface area contributed by atoms with Gasteiger partial charge in [0.05, 0.1) is 38.0 Å². The summed E-state index contributed by atoms with van der Waals surface area (Å²) < 4.78 is 23.8. The van der Waals surface area contributed by atoms with Crippen molar-refractivity contribution in [3.8, 4) is 0 Å². The van der Waals surface area contributed by atoms with Gasteiger partial charge in [-0.25, -0.2) is 20.0 Å². The van der Waals surface area contributed by atoms with Crippen LogP contribution in [0.25, 0.3) is 22.3 Å². The van der Waals surface area contributed by atoms with E-state index in [1.54, 1.807) is 51.1 Å². The van der Waals surface area contributed by atoms with E-state index in [9.17, 15) is 39.6 Å². The minimum atomic E-state index is -1.30. The lowest BCUT2D eigenvalue weighted by Gasteiger charge is -2.24. The Kier molecular flexibility index (Phi) is 15.5. The molecule has 0 amide bonds. The van der Waals surface area contributed by atoms with Crippen LogP contribution >= 0.6 is 0 Å². The summed E-state index contributed by atoms with van der Waals surface area (Å²) in [6, 6.07) is 0. The lowest BCUT2D eigenvalue weighted by molar-refractivity contribution is -0.0511. The molecule has 4 aromatic rings. The summed E-state index contributed by atoms with van der Waals surface area (Å²) in [5.74, 6) is 0.178. The third-order valence-corrected chi connectivity index (χ3v) is 7.88. The molecule has 6 rings (SSSR count). The molecular formula is C33H54N12O10Si. The molecule has 6 heterocycles. The zero-order valence-electron chi connectivity index (χ0n) is 32.1. The van der Waals surface area contributed by atoms with Crippen molar-refractivity contribution in [3.63, 3.8) is 0 Å². The number of nitrogens with one attached hydrogen (secondary N) is 2. The summed E-state index contributed by atoms with van der Waals surface area (Å²) in [7, 11) is 6.00. The molecule has 2 fully saturated rings. The number of hydrogen-bond donors (Lipinski definition) is 7. The quantitative estimate of drug-likeness (QED) is 0.0680. The Labute approximate surface area is 323 Å². The first kappa shape index (κ1) is 45.8. The summed E-state index contributed by atoms with van der Waals surface area (Å²) in [6.45, 7) is 9.08. The number of aromatic amines is 2. The predicted octanol–water partition coefficient (Wildman–Crippen LogP) is -0.347. The molecule has 22 nitrogen and oxygen atoms in total. The first-order valence-electron chi connectivity index (χ1n) is 17.2. The molecule has 7 N–H and O–H groups in total. The number of fused-ring (bicyclic) bond motifs is 2. The minimum Gasteiger partial charge on any atom is -0.394 e. The normalized spacial score (nSPS) is 24.9. The number of hydrogen-bond acceptors (Lipinski definition) is 16. The van der Waals surface area contributed by atoms with Crippen LogP contribution in [0.4, 0.5) is 11.9 Å². The molecule has 23 heteroatoms. The first-order chi connectivity index (χ1) is 25.7. The molecule has 2 saturated heterocycles. The summed E-state index contributed by atoms with van der Waals surface area (Å²) in [5.41, 5.74) is -0.460. The van der Waals surface area contributed by atoms with Gasteiger partial charge in [0.2, 0.25) is 11.9 Å². The van der Waals surface area contributed by atoms with Gasteiger partial charge in [-0.3, -0.25) is 28.7 Å². The highest BCUT2D eigenvalue weighted by Gasteiger charge is 2.46. The third kappa shape index (κ3) is 11.0. The number of imidazole rings is 2. The number of rotatable bonds is 8. The van der Waals surface area contributed by atoms with Gasteiger partial charge in [0.1, 0.15) is 30.5 Å². The van der Waals surface area contributed by atoms with Crippen LogP contribution in [0, 0.1) is 5.41 Å². The molecule has 0 aliphatic carbocycles.